The van der Waals surface area contributed by atoms with E-state index in [9.17, 15) is 40.9 Å². The lowest BCUT2D eigenvalue weighted by Crippen LogP contribution is -2.37. The van der Waals surface area contributed by atoms with E-state index in [4.69, 9.17) is 0 Å². The minimum atomic E-state index is -0.161. The average molecular weight is 1300 g/mol. The SMILES string of the molecule is C=C(C)C1C(C)CC(C)CC1O.C=C(C)C1C(C)CCC(C)C1O.C=C(C)C1C(O)CCC(C)C1C.C=C(C)C1CC(C)C(C)CC1O.C=C(C)C1CC(C)CC(C)C1O.C=C(C)C1CCC(C)C(O)C1.C=C(C)C1CCC(O)C(C)C1.C=C(C)C1CCC(O)CC1C. The van der Waals surface area contributed by atoms with Gasteiger partial charge in [0.1, 0.15) is 0 Å². The maximum absolute atomic E-state index is 9.92. The molecular weight excluding hydrogens is 1150 g/mol. The van der Waals surface area contributed by atoms with Crippen LogP contribution in [0.25, 0.3) is 0 Å². The van der Waals surface area contributed by atoms with Gasteiger partial charge in [0.25, 0.3) is 0 Å². The Morgan fingerprint density at radius 1 is 0.237 bits per heavy atom. The average Bonchev–Trinajstić information content (AvgIpc) is 1.45. The summed E-state index contributed by atoms with van der Waals surface area (Å²) in [6.45, 7) is 76.6. The molecule has 542 valence electrons. The topological polar surface area (TPSA) is 162 Å². The molecule has 8 nitrogen and oxygen atoms in total. The summed E-state index contributed by atoms with van der Waals surface area (Å²) in [4.78, 5) is 0. The number of aliphatic hydroxyl groups is 8. The molecule has 0 aromatic rings. The molecule has 8 aliphatic carbocycles. The third kappa shape index (κ3) is 30.3. The van der Waals surface area contributed by atoms with Gasteiger partial charge >= 0.3 is 0 Å². The highest BCUT2D eigenvalue weighted by atomic mass is 16.3. The summed E-state index contributed by atoms with van der Waals surface area (Å²) >= 11 is 0. The Balaban J connectivity index is 0.000000532. The highest BCUT2D eigenvalue weighted by molar-refractivity contribution is 5.08. The van der Waals surface area contributed by atoms with E-state index < -0.39 is 0 Å². The van der Waals surface area contributed by atoms with Crippen LogP contribution in [0.5, 0.6) is 0 Å². The molecule has 29 unspecified atom stereocenters. The van der Waals surface area contributed by atoms with E-state index in [0.717, 1.165) is 148 Å². The lowest BCUT2D eigenvalue weighted by Gasteiger charge is -2.38. The van der Waals surface area contributed by atoms with Crippen LogP contribution in [-0.2, 0) is 0 Å². The van der Waals surface area contributed by atoms with Crippen molar-refractivity contribution in [3.05, 3.63) is 97.2 Å². The van der Waals surface area contributed by atoms with Crippen LogP contribution in [0.15, 0.2) is 97.2 Å². The third-order valence-electron chi connectivity index (χ3n) is 24.4. The molecule has 29 atom stereocenters. The molecule has 0 aromatic heterocycles. The van der Waals surface area contributed by atoms with Crippen molar-refractivity contribution in [2.45, 2.75) is 316 Å². The monoisotopic (exact) mass is 1300 g/mol. The third-order valence-corrected chi connectivity index (χ3v) is 24.4. The predicted octanol–water partition coefficient (Wildman–Crippen LogP) is 20.1. The van der Waals surface area contributed by atoms with Crippen LogP contribution in [0.3, 0.4) is 0 Å². The first-order chi connectivity index (χ1) is 43.0. The number of hydrogen-bond donors (Lipinski definition) is 8. The Labute approximate surface area is 575 Å². The van der Waals surface area contributed by atoms with Crippen molar-refractivity contribution in [2.75, 3.05) is 0 Å². The molecule has 8 saturated carbocycles. The van der Waals surface area contributed by atoms with E-state index in [2.05, 4.69) is 163 Å². The summed E-state index contributed by atoms with van der Waals surface area (Å²) in [6, 6.07) is 0. The number of hydrogen-bond acceptors (Lipinski definition) is 8. The summed E-state index contributed by atoms with van der Waals surface area (Å²) in [7, 11) is 0. The normalized spacial score (nSPS) is 41.2. The molecule has 8 rings (SSSR count). The van der Waals surface area contributed by atoms with Crippen LogP contribution in [0.2, 0.25) is 0 Å². The number of rotatable bonds is 8. The highest BCUT2D eigenvalue weighted by Crippen LogP contribution is 2.42. The van der Waals surface area contributed by atoms with Crippen LogP contribution in [0.4, 0.5) is 0 Å². The van der Waals surface area contributed by atoms with Gasteiger partial charge in [-0.2, -0.15) is 0 Å². The van der Waals surface area contributed by atoms with Gasteiger partial charge in [-0.1, -0.05) is 187 Å². The van der Waals surface area contributed by atoms with Crippen molar-refractivity contribution in [2.24, 2.45) is 124 Å². The molecule has 8 heteroatoms. The Kier molecular flexibility index (Phi) is 41.2. The van der Waals surface area contributed by atoms with Gasteiger partial charge in [-0.15, -0.1) is 0 Å². The summed E-state index contributed by atoms with van der Waals surface area (Å²) in [5.41, 5.74) is 9.50. The smallest absolute Gasteiger partial charge is 0.0633 e. The van der Waals surface area contributed by atoms with Crippen LogP contribution >= 0.6 is 0 Å². The number of aliphatic hydroxyl groups excluding tert-OH is 8. The molecule has 8 fully saturated rings. The van der Waals surface area contributed by atoms with Gasteiger partial charge in [-0.3, -0.25) is 0 Å². The first-order valence-electron chi connectivity index (χ1n) is 37.6. The second-order valence-corrected chi connectivity index (χ2v) is 33.9. The second kappa shape index (κ2) is 43.2. The quantitative estimate of drug-likeness (QED) is 0.111. The standard InChI is InChI=1S/5C11H20O.3C10H18O/c1-7(2)10-5-8(3)9(4)6-11(10)12;1-7(2)11-9(4)5-8(3)6-10(11)12;1-7(2)10-6-8(3)5-9(4)11(10)12;1-7(2)11-9(4)8(3)5-6-10(11)12;1-7(2)10-8(3)5-6-9(4)11(10)12;1-7(2)10-5-4-9(11)6-8(10)3;1-7(2)9-4-5-10(11)8(3)6-9;1-7(2)9-5-4-8(3)10(11)6-9/h5*8-12H,1,5-6H2,2-4H3;3*8-11H,1,4-6H2,2-3H3. The zero-order valence-corrected chi connectivity index (χ0v) is 64.4. The lowest BCUT2D eigenvalue weighted by atomic mass is 9.70. The van der Waals surface area contributed by atoms with E-state index in [1.807, 2.05) is 34.6 Å². The number of allylic oxidation sites excluding steroid dienone is 3. The summed E-state index contributed by atoms with van der Waals surface area (Å²) in [5, 5.41) is 77.5. The van der Waals surface area contributed by atoms with Gasteiger partial charge < -0.3 is 40.9 Å². The maximum Gasteiger partial charge on any atom is 0.0633 e. The van der Waals surface area contributed by atoms with E-state index in [1.165, 1.54) is 36.0 Å². The van der Waals surface area contributed by atoms with Crippen LogP contribution in [0.1, 0.15) is 267 Å². The van der Waals surface area contributed by atoms with Crippen molar-refractivity contribution >= 4 is 0 Å². The molecule has 0 radical (unpaired) electrons. The van der Waals surface area contributed by atoms with Crippen molar-refractivity contribution in [3.63, 3.8) is 0 Å². The van der Waals surface area contributed by atoms with Crippen LogP contribution in [-0.4, -0.2) is 89.7 Å². The molecule has 0 bridgehead atoms. The summed E-state index contributed by atoms with van der Waals surface area (Å²) < 4.78 is 0. The van der Waals surface area contributed by atoms with Gasteiger partial charge in [-0.05, 0) is 272 Å². The molecule has 0 heterocycles. The maximum atomic E-state index is 9.92. The van der Waals surface area contributed by atoms with Crippen molar-refractivity contribution in [1.29, 1.82) is 0 Å². The zero-order valence-electron chi connectivity index (χ0n) is 64.4. The van der Waals surface area contributed by atoms with Crippen molar-refractivity contribution < 1.29 is 40.9 Å². The van der Waals surface area contributed by atoms with Gasteiger partial charge in [0, 0.05) is 29.6 Å². The fraction of sp³-hybridized carbons (Fsp3) is 0.812. The minimum Gasteiger partial charge on any atom is -0.393 e. The first kappa shape index (κ1) is 88.6. The molecule has 0 aromatic carbocycles. The van der Waals surface area contributed by atoms with E-state index in [1.54, 1.807) is 0 Å². The predicted molar refractivity (Wildman–Crippen MR) is 401 cm³/mol. The van der Waals surface area contributed by atoms with Crippen molar-refractivity contribution in [1.82, 2.24) is 0 Å². The van der Waals surface area contributed by atoms with Crippen molar-refractivity contribution in [3.8, 4) is 0 Å². The fourth-order valence-corrected chi connectivity index (χ4v) is 17.4. The zero-order chi connectivity index (χ0) is 71.8. The van der Waals surface area contributed by atoms with Crippen LogP contribution < -0.4 is 0 Å². The Morgan fingerprint density at radius 2 is 0.688 bits per heavy atom. The Hall–Kier alpha value is -2.40. The molecule has 93 heavy (non-hydrogen) atoms. The second-order valence-electron chi connectivity index (χ2n) is 33.9. The van der Waals surface area contributed by atoms with Gasteiger partial charge in [0.15, 0.2) is 0 Å². The highest BCUT2D eigenvalue weighted by Gasteiger charge is 2.38. The van der Waals surface area contributed by atoms with E-state index >= 15 is 0 Å². The molecular formula is C85H154O8. The fourth-order valence-electron chi connectivity index (χ4n) is 17.4. The van der Waals surface area contributed by atoms with Gasteiger partial charge in [0.2, 0.25) is 0 Å². The molecule has 8 aliphatic rings. The van der Waals surface area contributed by atoms with E-state index in [0.29, 0.717) is 107 Å². The van der Waals surface area contributed by atoms with Gasteiger partial charge in [-0.25, -0.2) is 0 Å². The molecule has 0 saturated heterocycles. The molecule has 0 amide bonds. The van der Waals surface area contributed by atoms with Gasteiger partial charge in [0.05, 0.1) is 48.8 Å². The minimum absolute atomic E-state index is 0.0550. The molecule has 0 aliphatic heterocycles. The summed E-state index contributed by atoms with van der Waals surface area (Å²) in [6.07, 6.45) is 19.6. The summed E-state index contributed by atoms with van der Waals surface area (Å²) in [5.74, 6) is 11.3. The largest absolute Gasteiger partial charge is 0.393 e. The van der Waals surface area contributed by atoms with Crippen LogP contribution in [0, 0.1) is 124 Å². The molecule has 8 N–H and O–H groups in total. The first-order valence-corrected chi connectivity index (χ1v) is 37.6. The lowest BCUT2D eigenvalue weighted by molar-refractivity contribution is 0.0143. The van der Waals surface area contributed by atoms with E-state index in [-0.39, 0.29) is 48.8 Å². The molecule has 0 spiro atoms. The Bertz CT molecular complexity index is 2160. The Morgan fingerprint density at radius 3 is 1.14 bits per heavy atom.